The summed E-state index contributed by atoms with van der Waals surface area (Å²) >= 11 is 0. The van der Waals surface area contributed by atoms with E-state index in [1.165, 1.54) is 25.9 Å². The van der Waals surface area contributed by atoms with E-state index in [9.17, 15) is 0 Å². The van der Waals surface area contributed by atoms with Gasteiger partial charge in [0.05, 0.1) is 6.10 Å². The predicted octanol–water partition coefficient (Wildman–Crippen LogP) is 0.705. The molecule has 1 heterocycles. The Labute approximate surface area is 81.4 Å². The van der Waals surface area contributed by atoms with E-state index in [0.29, 0.717) is 12.1 Å². The van der Waals surface area contributed by atoms with Gasteiger partial charge in [0, 0.05) is 32.8 Å². The van der Waals surface area contributed by atoms with E-state index in [0.717, 1.165) is 6.54 Å². The number of likely N-dealkylation sites (tertiary alicyclic amines) is 1. The largest absolute Gasteiger partial charge is 0.381 e. The minimum absolute atomic E-state index is 0.501. The fourth-order valence-corrected chi connectivity index (χ4v) is 1.81. The lowest BCUT2D eigenvalue weighted by Crippen LogP contribution is -2.43. The Morgan fingerprint density at radius 3 is 2.54 bits per heavy atom. The maximum Gasteiger partial charge on any atom is 0.0595 e. The summed E-state index contributed by atoms with van der Waals surface area (Å²) in [6.07, 6.45) is 2.88. The number of nitrogens with zero attached hydrogens (tertiary/aromatic N) is 1. The molecule has 0 radical (unpaired) electrons. The maximum atomic E-state index is 5.33. The van der Waals surface area contributed by atoms with Gasteiger partial charge in [0.25, 0.3) is 0 Å². The first kappa shape index (κ1) is 11.0. The third-order valence-corrected chi connectivity index (χ3v) is 2.89. The maximum absolute atomic E-state index is 5.33. The van der Waals surface area contributed by atoms with E-state index >= 15 is 0 Å². The first-order valence-electron chi connectivity index (χ1n) is 5.18. The molecule has 13 heavy (non-hydrogen) atoms. The number of nitrogens with one attached hydrogen (secondary N) is 1. The molecule has 0 aromatic carbocycles. The molecular formula is C10H22N2O. The Kier molecular flexibility index (Phi) is 4.70. The van der Waals surface area contributed by atoms with Crippen LogP contribution < -0.4 is 5.32 Å². The van der Waals surface area contributed by atoms with Crippen LogP contribution in [0, 0.1) is 0 Å². The van der Waals surface area contributed by atoms with Crippen LogP contribution in [0.1, 0.15) is 19.8 Å². The van der Waals surface area contributed by atoms with Crippen molar-refractivity contribution in [2.24, 2.45) is 0 Å². The molecule has 0 amide bonds. The summed E-state index contributed by atoms with van der Waals surface area (Å²) in [7, 11) is 3.84. The van der Waals surface area contributed by atoms with Crippen LogP contribution in [0.4, 0.5) is 0 Å². The fraction of sp³-hybridized carbons (Fsp3) is 1.00. The van der Waals surface area contributed by atoms with Crippen LogP contribution in [-0.2, 0) is 4.74 Å². The lowest BCUT2D eigenvalue weighted by atomic mass is 10.1. The van der Waals surface area contributed by atoms with Crippen molar-refractivity contribution < 1.29 is 4.74 Å². The quantitative estimate of drug-likeness (QED) is 0.699. The molecule has 1 fully saturated rings. The van der Waals surface area contributed by atoms with Crippen molar-refractivity contribution in [3.63, 3.8) is 0 Å². The van der Waals surface area contributed by atoms with Crippen LogP contribution in [0.2, 0.25) is 0 Å². The highest BCUT2D eigenvalue weighted by Gasteiger charge is 2.19. The second-order valence-electron chi connectivity index (χ2n) is 3.93. The molecule has 3 heteroatoms. The van der Waals surface area contributed by atoms with Crippen LogP contribution in [0.25, 0.3) is 0 Å². The van der Waals surface area contributed by atoms with Gasteiger partial charge in [-0.2, -0.15) is 0 Å². The van der Waals surface area contributed by atoms with Gasteiger partial charge in [0.15, 0.2) is 0 Å². The van der Waals surface area contributed by atoms with E-state index in [1.807, 2.05) is 14.2 Å². The first-order chi connectivity index (χ1) is 6.26. The van der Waals surface area contributed by atoms with Gasteiger partial charge in [-0.25, -0.2) is 0 Å². The van der Waals surface area contributed by atoms with Gasteiger partial charge in [-0.3, -0.25) is 0 Å². The fourth-order valence-electron chi connectivity index (χ4n) is 1.81. The van der Waals surface area contributed by atoms with E-state index in [2.05, 4.69) is 17.1 Å². The normalized spacial score (nSPS) is 23.3. The highest BCUT2D eigenvalue weighted by Crippen LogP contribution is 2.12. The molecule has 0 saturated carbocycles. The minimum atomic E-state index is 0.501. The number of hydrogen-bond donors (Lipinski definition) is 1. The molecule has 1 unspecified atom stereocenters. The first-order valence-corrected chi connectivity index (χ1v) is 5.18. The van der Waals surface area contributed by atoms with Gasteiger partial charge >= 0.3 is 0 Å². The topological polar surface area (TPSA) is 24.5 Å². The van der Waals surface area contributed by atoms with Gasteiger partial charge in [0.1, 0.15) is 0 Å². The number of rotatable bonds is 4. The van der Waals surface area contributed by atoms with Crippen molar-refractivity contribution in [1.29, 1.82) is 0 Å². The summed E-state index contributed by atoms with van der Waals surface area (Å²) < 4.78 is 5.33. The lowest BCUT2D eigenvalue weighted by Gasteiger charge is -2.32. The number of ether oxygens (including phenoxy) is 1. The molecule has 3 nitrogen and oxygen atoms in total. The molecule has 1 aliphatic rings. The summed E-state index contributed by atoms with van der Waals surface area (Å²) in [4.78, 5) is 2.51. The van der Waals surface area contributed by atoms with Crippen molar-refractivity contribution in [3.05, 3.63) is 0 Å². The van der Waals surface area contributed by atoms with Gasteiger partial charge in [0.2, 0.25) is 0 Å². The Morgan fingerprint density at radius 2 is 2.08 bits per heavy atom. The third kappa shape index (κ3) is 3.63. The molecule has 1 saturated heterocycles. The highest BCUT2D eigenvalue weighted by atomic mass is 16.5. The standard InChI is InChI=1S/C10H22N2O/c1-9(11-2)8-12-6-4-10(13-3)5-7-12/h9-11H,4-8H2,1-3H3. The summed E-state index contributed by atoms with van der Waals surface area (Å²) in [5.74, 6) is 0. The van der Waals surface area contributed by atoms with Crippen molar-refractivity contribution in [2.75, 3.05) is 33.8 Å². The van der Waals surface area contributed by atoms with Crippen LogP contribution in [0.5, 0.6) is 0 Å². The van der Waals surface area contributed by atoms with Crippen LogP contribution in [0.3, 0.4) is 0 Å². The zero-order chi connectivity index (χ0) is 9.68. The van der Waals surface area contributed by atoms with E-state index < -0.39 is 0 Å². The van der Waals surface area contributed by atoms with Crippen molar-refractivity contribution in [3.8, 4) is 0 Å². The monoisotopic (exact) mass is 186 g/mol. The van der Waals surface area contributed by atoms with Gasteiger partial charge in [-0.1, -0.05) is 0 Å². The van der Waals surface area contributed by atoms with Crippen molar-refractivity contribution in [2.45, 2.75) is 31.9 Å². The molecule has 0 spiro atoms. The molecule has 0 bridgehead atoms. The Morgan fingerprint density at radius 1 is 1.46 bits per heavy atom. The lowest BCUT2D eigenvalue weighted by molar-refractivity contribution is 0.0392. The second kappa shape index (κ2) is 5.58. The summed E-state index contributed by atoms with van der Waals surface area (Å²) in [6, 6.07) is 0.596. The van der Waals surface area contributed by atoms with Crippen LogP contribution in [-0.4, -0.2) is 50.8 Å². The molecule has 78 valence electrons. The SMILES string of the molecule is CNC(C)CN1CCC(OC)CC1. The molecule has 1 aliphatic heterocycles. The number of hydrogen-bond acceptors (Lipinski definition) is 3. The molecular weight excluding hydrogens is 164 g/mol. The molecule has 1 rings (SSSR count). The number of piperidine rings is 1. The molecule has 1 N–H and O–H groups in total. The molecule has 0 aromatic heterocycles. The third-order valence-electron chi connectivity index (χ3n) is 2.89. The average molecular weight is 186 g/mol. The smallest absolute Gasteiger partial charge is 0.0595 e. The zero-order valence-corrected chi connectivity index (χ0v) is 9.05. The number of likely N-dealkylation sites (N-methyl/N-ethyl adjacent to an activating group) is 1. The summed E-state index contributed by atoms with van der Waals surface area (Å²) in [6.45, 7) is 5.75. The summed E-state index contributed by atoms with van der Waals surface area (Å²) in [5, 5.41) is 3.26. The van der Waals surface area contributed by atoms with Crippen LogP contribution >= 0.6 is 0 Å². The predicted molar refractivity (Wildman–Crippen MR) is 55.0 cm³/mol. The average Bonchev–Trinajstić information content (AvgIpc) is 2.19. The highest BCUT2D eigenvalue weighted by molar-refractivity contribution is 4.74. The zero-order valence-electron chi connectivity index (χ0n) is 9.05. The van der Waals surface area contributed by atoms with Crippen molar-refractivity contribution >= 4 is 0 Å². The molecule has 1 atom stereocenters. The Hall–Kier alpha value is -0.120. The number of methoxy groups -OCH3 is 1. The summed E-state index contributed by atoms with van der Waals surface area (Å²) in [5.41, 5.74) is 0. The van der Waals surface area contributed by atoms with E-state index in [1.54, 1.807) is 0 Å². The molecule has 0 aliphatic carbocycles. The van der Waals surface area contributed by atoms with Gasteiger partial charge in [-0.15, -0.1) is 0 Å². The Bertz CT molecular complexity index is 133. The second-order valence-corrected chi connectivity index (χ2v) is 3.93. The van der Waals surface area contributed by atoms with E-state index in [4.69, 9.17) is 4.74 Å². The van der Waals surface area contributed by atoms with E-state index in [-0.39, 0.29) is 0 Å². The Balaban J connectivity index is 2.17. The van der Waals surface area contributed by atoms with Crippen LogP contribution in [0.15, 0.2) is 0 Å². The minimum Gasteiger partial charge on any atom is -0.381 e. The van der Waals surface area contributed by atoms with Gasteiger partial charge < -0.3 is 15.0 Å². The van der Waals surface area contributed by atoms with Crippen molar-refractivity contribution in [1.82, 2.24) is 10.2 Å². The van der Waals surface area contributed by atoms with Gasteiger partial charge in [-0.05, 0) is 26.8 Å². The molecule has 0 aromatic rings.